The SMILES string of the molecule is N#Cc1nc(N)c(OC(F)(F)F)cc1CC(=O)O. The maximum absolute atomic E-state index is 12.0. The molecule has 0 saturated heterocycles. The van der Waals surface area contributed by atoms with Crippen molar-refractivity contribution in [2.75, 3.05) is 5.73 Å². The van der Waals surface area contributed by atoms with E-state index < -0.39 is 30.3 Å². The fourth-order valence-electron chi connectivity index (χ4n) is 1.15. The lowest BCUT2D eigenvalue weighted by molar-refractivity contribution is -0.274. The molecule has 18 heavy (non-hydrogen) atoms. The van der Waals surface area contributed by atoms with E-state index in [1.807, 2.05) is 0 Å². The number of carbonyl (C=O) groups is 1. The zero-order valence-electron chi connectivity index (χ0n) is 8.65. The number of nitrogens with two attached hydrogens (primary N) is 1. The van der Waals surface area contributed by atoms with Crippen LogP contribution in [0.25, 0.3) is 0 Å². The van der Waals surface area contributed by atoms with Crippen molar-refractivity contribution in [2.45, 2.75) is 12.8 Å². The van der Waals surface area contributed by atoms with Crippen LogP contribution in [0.1, 0.15) is 11.3 Å². The van der Waals surface area contributed by atoms with E-state index in [2.05, 4.69) is 9.72 Å². The largest absolute Gasteiger partial charge is 0.573 e. The third-order valence-electron chi connectivity index (χ3n) is 1.77. The molecule has 0 aliphatic carbocycles. The third kappa shape index (κ3) is 3.51. The summed E-state index contributed by atoms with van der Waals surface area (Å²) < 4.78 is 39.6. The van der Waals surface area contributed by atoms with Gasteiger partial charge in [0.05, 0.1) is 6.42 Å². The number of ether oxygens (including phenoxy) is 1. The van der Waals surface area contributed by atoms with Gasteiger partial charge in [-0.25, -0.2) is 4.98 Å². The van der Waals surface area contributed by atoms with Crippen LogP contribution in [0.4, 0.5) is 19.0 Å². The summed E-state index contributed by atoms with van der Waals surface area (Å²) in [4.78, 5) is 13.8. The summed E-state index contributed by atoms with van der Waals surface area (Å²) in [5.74, 6) is -2.80. The number of pyridine rings is 1. The van der Waals surface area contributed by atoms with Gasteiger partial charge in [0, 0.05) is 5.56 Å². The molecule has 0 radical (unpaired) electrons. The van der Waals surface area contributed by atoms with E-state index in [4.69, 9.17) is 16.1 Å². The van der Waals surface area contributed by atoms with E-state index in [0.717, 1.165) is 6.07 Å². The molecule has 0 aliphatic rings. The lowest BCUT2D eigenvalue weighted by Crippen LogP contribution is -2.19. The standard InChI is InChI=1S/C9H6F3N3O3/c10-9(11,12)18-6-1-4(2-7(16)17)5(3-13)15-8(6)14/h1H,2H2,(H2,14,15)(H,16,17). The van der Waals surface area contributed by atoms with E-state index in [1.165, 1.54) is 0 Å². The summed E-state index contributed by atoms with van der Waals surface area (Å²) in [6, 6.07) is 2.28. The predicted octanol–water partition coefficient (Wildman–Crippen LogP) is 1.06. The minimum atomic E-state index is -4.98. The van der Waals surface area contributed by atoms with Gasteiger partial charge in [-0.3, -0.25) is 4.79 Å². The number of nitriles is 1. The highest BCUT2D eigenvalue weighted by Crippen LogP contribution is 2.29. The first-order valence-corrected chi connectivity index (χ1v) is 4.40. The molecule has 0 fully saturated rings. The molecule has 1 heterocycles. The van der Waals surface area contributed by atoms with Crippen molar-refractivity contribution in [2.24, 2.45) is 0 Å². The fraction of sp³-hybridized carbons (Fsp3) is 0.222. The Bertz CT molecular complexity index is 522. The minimum absolute atomic E-state index is 0.210. The number of hydrogen-bond acceptors (Lipinski definition) is 5. The van der Waals surface area contributed by atoms with Crippen LogP contribution in [0, 0.1) is 11.3 Å². The van der Waals surface area contributed by atoms with Crippen molar-refractivity contribution in [3.05, 3.63) is 17.3 Å². The Balaban J connectivity index is 3.22. The molecule has 0 aliphatic heterocycles. The van der Waals surface area contributed by atoms with E-state index in [0.29, 0.717) is 0 Å². The zero-order valence-corrected chi connectivity index (χ0v) is 8.65. The summed E-state index contributed by atoms with van der Waals surface area (Å²) in [6.07, 6.45) is -5.64. The summed E-state index contributed by atoms with van der Waals surface area (Å²) in [5, 5.41) is 17.2. The molecule has 0 bridgehead atoms. The van der Waals surface area contributed by atoms with Gasteiger partial charge in [-0.2, -0.15) is 5.26 Å². The van der Waals surface area contributed by atoms with Crippen molar-refractivity contribution < 1.29 is 27.8 Å². The van der Waals surface area contributed by atoms with Gasteiger partial charge in [0.2, 0.25) is 0 Å². The van der Waals surface area contributed by atoms with Crippen LogP contribution in [-0.4, -0.2) is 22.4 Å². The van der Waals surface area contributed by atoms with Crippen LogP contribution in [0.3, 0.4) is 0 Å². The van der Waals surface area contributed by atoms with Crippen molar-refractivity contribution >= 4 is 11.8 Å². The van der Waals surface area contributed by atoms with Crippen LogP contribution in [0.2, 0.25) is 0 Å². The first-order valence-electron chi connectivity index (χ1n) is 4.40. The van der Waals surface area contributed by atoms with Crippen LogP contribution in [0.5, 0.6) is 5.75 Å². The van der Waals surface area contributed by atoms with Gasteiger partial charge >= 0.3 is 12.3 Å². The van der Waals surface area contributed by atoms with Gasteiger partial charge in [-0.1, -0.05) is 0 Å². The van der Waals surface area contributed by atoms with Gasteiger partial charge in [-0.05, 0) is 6.07 Å². The second-order valence-corrected chi connectivity index (χ2v) is 3.11. The third-order valence-corrected chi connectivity index (χ3v) is 1.77. The smallest absolute Gasteiger partial charge is 0.481 e. The number of carboxylic acid groups (broad SMARTS) is 1. The number of anilines is 1. The molecular weight excluding hydrogens is 255 g/mol. The Labute approximate surface area is 98.4 Å². The average molecular weight is 261 g/mol. The van der Waals surface area contributed by atoms with Crippen molar-refractivity contribution in [3.63, 3.8) is 0 Å². The maximum atomic E-state index is 12.0. The molecule has 0 saturated carbocycles. The topological polar surface area (TPSA) is 109 Å². The second-order valence-electron chi connectivity index (χ2n) is 3.11. The molecule has 6 nitrogen and oxygen atoms in total. The molecule has 9 heteroatoms. The molecule has 1 aromatic heterocycles. The van der Waals surface area contributed by atoms with Crippen molar-refractivity contribution in [3.8, 4) is 11.8 Å². The lowest BCUT2D eigenvalue weighted by atomic mass is 10.1. The maximum Gasteiger partial charge on any atom is 0.573 e. The number of aliphatic carboxylic acids is 1. The fourth-order valence-corrected chi connectivity index (χ4v) is 1.15. The number of halogens is 3. The first-order chi connectivity index (χ1) is 8.23. The van der Waals surface area contributed by atoms with E-state index in [9.17, 15) is 18.0 Å². The van der Waals surface area contributed by atoms with Crippen LogP contribution in [0.15, 0.2) is 6.07 Å². The Morgan fingerprint density at radius 1 is 1.61 bits per heavy atom. The van der Waals surface area contributed by atoms with E-state index in [1.54, 1.807) is 6.07 Å². The number of nitrogen functional groups attached to an aromatic ring is 1. The number of nitrogens with zero attached hydrogens (tertiary/aromatic N) is 2. The Hall–Kier alpha value is -2.50. The van der Waals surface area contributed by atoms with Crippen LogP contribution >= 0.6 is 0 Å². The lowest BCUT2D eigenvalue weighted by Gasteiger charge is -2.12. The number of alkyl halides is 3. The zero-order chi connectivity index (χ0) is 13.9. The summed E-state index contributed by atoms with van der Waals surface area (Å²) in [7, 11) is 0. The highest BCUT2D eigenvalue weighted by atomic mass is 19.4. The molecule has 1 aromatic rings. The van der Waals surface area contributed by atoms with Gasteiger partial charge in [0.15, 0.2) is 11.6 Å². The molecule has 0 atom stereocenters. The minimum Gasteiger partial charge on any atom is -0.481 e. The molecule has 1 rings (SSSR count). The molecule has 0 amide bonds. The molecule has 3 N–H and O–H groups in total. The van der Waals surface area contributed by atoms with E-state index >= 15 is 0 Å². The predicted molar refractivity (Wildman–Crippen MR) is 51.4 cm³/mol. The number of hydrogen-bond donors (Lipinski definition) is 2. The van der Waals surface area contributed by atoms with Crippen molar-refractivity contribution in [1.82, 2.24) is 4.98 Å². The summed E-state index contributed by atoms with van der Waals surface area (Å²) >= 11 is 0. The van der Waals surface area contributed by atoms with E-state index in [-0.39, 0.29) is 11.3 Å². The summed E-state index contributed by atoms with van der Waals surface area (Å²) in [5.41, 5.74) is 4.60. The number of carboxylic acids is 1. The van der Waals surface area contributed by atoms with Gasteiger partial charge < -0.3 is 15.6 Å². The highest BCUT2D eigenvalue weighted by Gasteiger charge is 2.32. The van der Waals surface area contributed by atoms with Gasteiger partial charge in [0.25, 0.3) is 0 Å². The van der Waals surface area contributed by atoms with Crippen LogP contribution < -0.4 is 10.5 Å². The molecule has 96 valence electrons. The van der Waals surface area contributed by atoms with Crippen LogP contribution in [-0.2, 0) is 11.2 Å². The first kappa shape index (κ1) is 13.6. The Morgan fingerprint density at radius 2 is 2.22 bits per heavy atom. The normalized spacial score (nSPS) is 10.8. The molecule has 0 aromatic carbocycles. The number of aromatic nitrogens is 1. The molecule has 0 spiro atoms. The Kier molecular flexibility index (Phi) is 3.61. The highest BCUT2D eigenvalue weighted by molar-refractivity contribution is 5.71. The molecular formula is C9H6F3N3O3. The van der Waals surface area contributed by atoms with Gasteiger partial charge in [-0.15, -0.1) is 13.2 Å². The number of rotatable bonds is 3. The molecule has 0 unspecified atom stereocenters. The monoisotopic (exact) mass is 261 g/mol. The quantitative estimate of drug-likeness (QED) is 0.841. The van der Waals surface area contributed by atoms with Crippen molar-refractivity contribution in [1.29, 1.82) is 5.26 Å². The summed E-state index contributed by atoms with van der Waals surface area (Å²) in [6.45, 7) is 0. The average Bonchev–Trinajstić information content (AvgIpc) is 2.19. The Morgan fingerprint density at radius 3 is 2.67 bits per heavy atom. The second kappa shape index (κ2) is 4.79. The van der Waals surface area contributed by atoms with Gasteiger partial charge in [0.1, 0.15) is 11.8 Å².